The first-order chi connectivity index (χ1) is 8.41. The van der Waals surface area contributed by atoms with Gasteiger partial charge in [0.1, 0.15) is 4.99 Å². The van der Waals surface area contributed by atoms with E-state index in [1.165, 1.54) is 5.56 Å². The molecule has 0 heterocycles. The van der Waals surface area contributed by atoms with Crippen LogP contribution in [0.2, 0.25) is 0 Å². The highest BCUT2D eigenvalue weighted by Gasteiger charge is 2.10. The molecule has 0 fully saturated rings. The molecule has 0 amide bonds. The topological polar surface area (TPSA) is 38.5 Å². The molecule has 0 aliphatic rings. The fourth-order valence-corrected chi connectivity index (χ4v) is 1.88. The SMILES string of the molecule is Cc1ccc(C(N)=S)c(N(C)CCOC(C)C)c1. The van der Waals surface area contributed by atoms with Gasteiger partial charge in [-0.3, -0.25) is 0 Å². The molecule has 0 unspecified atom stereocenters. The van der Waals surface area contributed by atoms with Gasteiger partial charge in [-0.2, -0.15) is 0 Å². The molecule has 18 heavy (non-hydrogen) atoms. The van der Waals surface area contributed by atoms with Crippen LogP contribution >= 0.6 is 12.2 Å². The van der Waals surface area contributed by atoms with Gasteiger partial charge in [0.2, 0.25) is 0 Å². The summed E-state index contributed by atoms with van der Waals surface area (Å²) in [5, 5.41) is 0. The third-order valence-electron chi connectivity index (χ3n) is 2.71. The number of hydrogen-bond donors (Lipinski definition) is 1. The van der Waals surface area contributed by atoms with Crippen LogP contribution in [0.25, 0.3) is 0 Å². The number of nitrogens with zero attached hydrogens (tertiary/aromatic N) is 1. The lowest BCUT2D eigenvalue weighted by molar-refractivity contribution is 0.0846. The molecule has 0 aromatic heterocycles. The molecule has 0 saturated carbocycles. The van der Waals surface area contributed by atoms with Crippen molar-refractivity contribution in [2.75, 3.05) is 25.1 Å². The van der Waals surface area contributed by atoms with Crippen molar-refractivity contribution in [2.45, 2.75) is 26.9 Å². The predicted octanol–water partition coefficient (Wildman–Crippen LogP) is 2.49. The number of benzene rings is 1. The van der Waals surface area contributed by atoms with Crippen LogP contribution in [0.3, 0.4) is 0 Å². The zero-order valence-corrected chi connectivity index (χ0v) is 12.4. The van der Waals surface area contributed by atoms with Gasteiger partial charge in [0.15, 0.2) is 0 Å². The average molecular weight is 266 g/mol. The van der Waals surface area contributed by atoms with Gasteiger partial charge in [0.25, 0.3) is 0 Å². The predicted molar refractivity (Wildman–Crippen MR) is 81.4 cm³/mol. The van der Waals surface area contributed by atoms with Gasteiger partial charge >= 0.3 is 0 Å². The lowest BCUT2D eigenvalue weighted by Crippen LogP contribution is -2.26. The number of hydrogen-bond acceptors (Lipinski definition) is 3. The fourth-order valence-electron chi connectivity index (χ4n) is 1.71. The Labute approximate surface area is 115 Å². The van der Waals surface area contributed by atoms with Crippen LogP contribution in [-0.4, -0.2) is 31.3 Å². The molecule has 4 heteroatoms. The average Bonchev–Trinajstić information content (AvgIpc) is 2.27. The monoisotopic (exact) mass is 266 g/mol. The van der Waals surface area contributed by atoms with E-state index in [-0.39, 0.29) is 6.10 Å². The molecule has 1 aromatic carbocycles. The van der Waals surface area contributed by atoms with Crippen molar-refractivity contribution in [3.8, 4) is 0 Å². The third-order valence-corrected chi connectivity index (χ3v) is 2.93. The van der Waals surface area contributed by atoms with Gasteiger partial charge in [-0.15, -0.1) is 0 Å². The minimum atomic E-state index is 0.256. The first-order valence-corrected chi connectivity index (χ1v) is 6.56. The quantitative estimate of drug-likeness (QED) is 0.803. The lowest BCUT2D eigenvalue weighted by Gasteiger charge is -2.23. The molecule has 1 aromatic rings. The van der Waals surface area contributed by atoms with E-state index < -0.39 is 0 Å². The van der Waals surface area contributed by atoms with Crippen molar-refractivity contribution in [1.29, 1.82) is 0 Å². The molecular formula is C14H22N2OS. The molecule has 0 aliphatic carbocycles. The van der Waals surface area contributed by atoms with E-state index in [2.05, 4.69) is 17.9 Å². The number of likely N-dealkylation sites (N-methyl/N-ethyl adjacent to an activating group) is 1. The summed E-state index contributed by atoms with van der Waals surface area (Å²) in [6.07, 6.45) is 0.256. The van der Waals surface area contributed by atoms with Crippen LogP contribution < -0.4 is 10.6 Å². The highest BCUT2D eigenvalue weighted by molar-refractivity contribution is 7.80. The Balaban J connectivity index is 2.80. The Hall–Kier alpha value is -1.13. The maximum Gasteiger partial charge on any atom is 0.106 e. The van der Waals surface area contributed by atoms with Crippen LogP contribution in [0.4, 0.5) is 5.69 Å². The van der Waals surface area contributed by atoms with Crippen molar-refractivity contribution in [3.63, 3.8) is 0 Å². The summed E-state index contributed by atoms with van der Waals surface area (Å²) in [7, 11) is 2.03. The molecule has 3 nitrogen and oxygen atoms in total. The van der Waals surface area contributed by atoms with E-state index >= 15 is 0 Å². The van der Waals surface area contributed by atoms with Gasteiger partial charge in [-0.25, -0.2) is 0 Å². The molecule has 2 N–H and O–H groups in total. The summed E-state index contributed by atoms with van der Waals surface area (Å²) in [5.41, 5.74) is 8.93. The second-order valence-corrected chi connectivity index (χ2v) is 5.17. The normalized spacial score (nSPS) is 10.7. The maximum atomic E-state index is 5.75. The van der Waals surface area contributed by atoms with E-state index in [1.54, 1.807) is 0 Å². The highest BCUT2D eigenvalue weighted by Crippen LogP contribution is 2.21. The molecule has 0 atom stereocenters. The van der Waals surface area contributed by atoms with Crippen LogP contribution in [0.15, 0.2) is 18.2 Å². The van der Waals surface area contributed by atoms with Crippen LogP contribution in [0.1, 0.15) is 25.0 Å². The second kappa shape index (κ2) is 6.71. The molecule has 0 bridgehead atoms. The minimum Gasteiger partial charge on any atom is -0.389 e. The van der Waals surface area contributed by atoms with Crippen LogP contribution in [0.5, 0.6) is 0 Å². The third kappa shape index (κ3) is 4.27. The summed E-state index contributed by atoms with van der Waals surface area (Å²) >= 11 is 5.09. The minimum absolute atomic E-state index is 0.256. The van der Waals surface area contributed by atoms with Gasteiger partial charge in [-0.05, 0) is 38.5 Å². The standard InChI is InChI=1S/C14H22N2OS/c1-10(2)17-8-7-16(4)13-9-11(3)5-6-12(13)14(15)18/h5-6,9-10H,7-8H2,1-4H3,(H2,15,18). The number of ether oxygens (including phenoxy) is 1. The number of nitrogens with two attached hydrogens (primary N) is 1. The zero-order valence-electron chi connectivity index (χ0n) is 11.6. The maximum absolute atomic E-state index is 5.75. The first-order valence-electron chi connectivity index (χ1n) is 6.15. The zero-order chi connectivity index (χ0) is 13.7. The van der Waals surface area contributed by atoms with E-state index in [0.717, 1.165) is 17.8 Å². The molecule has 100 valence electrons. The second-order valence-electron chi connectivity index (χ2n) is 4.73. The Morgan fingerprint density at radius 1 is 1.44 bits per heavy atom. The molecule has 0 aliphatic heterocycles. The van der Waals surface area contributed by atoms with Crippen molar-refractivity contribution in [3.05, 3.63) is 29.3 Å². The molecular weight excluding hydrogens is 244 g/mol. The van der Waals surface area contributed by atoms with E-state index in [9.17, 15) is 0 Å². The van der Waals surface area contributed by atoms with Crippen LogP contribution in [-0.2, 0) is 4.74 Å². The van der Waals surface area contributed by atoms with Crippen molar-refractivity contribution >= 4 is 22.9 Å². The molecule has 0 saturated heterocycles. The smallest absolute Gasteiger partial charge is 0.106 e. The summed E-state index contributed by atoms with van der Waals surface area (Å²) in [6.45, 7) is 7.64. The summed E-state index contributed by atoms with van der Waals surface area (Å²) in [4.78, 5) is 2.56. The van der Waals surface area contributed by atoms with Gasteiger partial charge in [-0.1, -0.05) is 18.3 Å². The highest BCUT2D eigenvalue weighted by atomic mass is 32.1. The lowest BCUT2D eigenvalue weighted by atomic mass is 10.1. The number of aryl methyl sites for hydroxylation is 1. The fraction of sp³-hybridized carbons (Fsp3) is 0.500. The summed E-state index contributed by atoms with van der Waals surface area (Å²) < 4.78 is 5.56. The van der Waals surface area contributed by atoms with Crippen LogP contribution in [0, 0.1) is 6.92 Å². The Morgan fingerprint density at radius 3 is 2.67 bits per heavy atom. The van der Waals surface area contributed by atoms with Crippen molar-refractivity contribution in [2.24, 2.45) is 5.73 Å². The molecule has 1 rings (SSSR count). The first kappa shape index (κ1) is 14.9. The van der Waals surface area contributed by atoms with Gasteiger partial charge < -0.3 is 15.4 Å². The summed E-state index contributed by atoms with van der Waals surface area (Å²) in [5.74, 6) is 0. The number of thiocarbonyl (C=S) groups is 1. The van der Waals surface area contributed by atoms with E-state index in [1.807, 2.05) is 33.0 Å². The van der Waals surface area contributed by atoms with E-state index in [4.69, 9.17) is 22.7 Å². The van der Waals surface area contributed by atoms with E-state index in [0.29, 0.717) is 11.6 Å². The van der Waals surface area contributed by atoms with Gasteiger partial charge in [0, 0.05) is 24.8 Å². The largest absolute Gasteiger partial charge is 0.389 e. The van der Waals surface area contributed by atoms with Crippen molar-refractivity contribution in [1.82, 2.24) is 0 Å². The molecule has 0 radical (unpaired) electrons. The number of anilines is 1. The molecule has 0 spiro atoms. The summed E-state index contributed by atoms with van der Waals surface area (Å²) in [6, 6.07) is 6.10. The van der Waals surface area contributed by atoms with Crippen molar-refractivity contribution < 1.29 is 4.74 Å². The van der Waals surface area contributed by atoms with Gasteiger partial charge in [0.05, 0.1) is 12.7 Å². The number of rotatable bonds is 6. The Bertz CT molecular complexity index is 418. The Morgan fingerprint density at radius 2 is 2.11 bits per heavy atom. The Kier molecular flexibility index (Phi) is 5.56.